The molecule has 11 heteroatoms. The molecule has 0 fully saturated rings. The monoisotopic (exact) mass is 627 g/mol. The van der Waals surface area contributed by atoms with Crippen LogP contribution in [0.2, 0.25) is 0 Å². The minimum absolute atomic E-state index is 0.0483. The van der Waals surface area contributed by atoms with Gasteiger partial charge in [-0.3, -0.25) is 14.4 Å². The SMILES string of the molecule is CNC(C(=O)N[C@H](C(=O)N(C)[C@H](/C=C(\C)C(=O)NS(=O)(=O)c1ccc(N)cc1)C(C)C)C(C)(C)C)C(C)Cc1ccccc1. The van der Waals surface area contributed by atoms with Gasteiger partial charge in [0.05, 0.1) is 17.0 Å². The van der Waals surface area contributed by atoms with Crippen molar-refractivity contribution in [1.29, 1.82) is 0 Å². The van der Waals surface area contributed by atoms with Crippen molar-refractivity contribution in [3.8, 4) is 0 Å². The van der Waals surface area contributed by atoms with Gasteiger partial charge in [-0.05, 0) is 67.5 Å². The van der Waals surface area contributed by atoms with Crippen LogP contribution in [0.15, 0.2) is 71.1 Å². The number of likely N-dealkylation sites (N-methyl/N-ethyl adjacent to an activating group) is 2. The lowest BCUT2D eigenvalue weighted by Gasteiger charge is -2.38. The third-order valence-corrected chi connectivity index (χ3v) is 8.98. The Morgan fingerprint density at radius 3 is 2.05 bits per heavy atom. The number of rotatable bonds is 13. The van der Waals surface area contributed by atoms with Crippen LogP contribution in [-0.4, -0.2) is 63.3 Å². The fraction of sp³-hybridized carbons (Fsp3) is 0.485. The number of anilines is 1. The van der Waals surface area contributed by atoms with Crippen molar-refractivity contribution >= 4 is 33.4 Å². The highest BCUT2D eigenvalue weighted by Crippen LogP contribution is 2.25. The number of benzene rings is 2. The number of nitrogens with one attached hydrogen (secondary N) is 3. The van der Waals surface area contributed by atoms with E-state index in [1.165, 1.54) is 36.1 Å². The Morgan fingerprint density at radius 1 is 0.977 bits per heavy atom. The largest absolute Gasteiger partial charge is 0.399 e. The van der Waals surface area contributed by atoms with Crippen LogP contribution < -0.4 is 21.1 Å². The van der Waals surface area contributed by atoms with Gasteiger partial charge in [0.1, 0.15) is 6.04 Å². The molecule has 242 valence electrons. The summed E-state index contributed by atoms with van der Waals surface area (Å²) in [6.45, 7) is 12.9. The fourth-order valence-electron chi connectivity index (χ4n) is 5.00. The summed E-state index contributed by atoms with van der Waals surface area (Å²) in [5, 5.41) is 6.11. The lowest BCUT2D eigenvalue weighted by atomic mass is 9.84. The van der Waals surface area contributed by atoms with Gasteiger partial charge in [0.25, 0.3) is 15.9 Å². The Balaban J connectivity index is 2.26. The smallest absolute Gasteiger partial charge is 0.264 e. The van der Waals surface area contributed by atoms with Crippen molar-refractivity contribution in [2.24, 2.45) is 17.3 Å². The van der Waals surface area contributed by atoms with Gasteiger partial charge in [-0.2, -0.15) is 0 Å². The maximum Gasteiger partial charge on any atom is 0.264 e. The fourth-order valence-corrected chi connectivity index (χ4v) is 6.02. The lowest BCUT2D eigenvalue weighted by molar-refractivity contribution is -0.140. The highest BCUT2D eigenvalue weighted by molar-refractivity contribution is 7.90. The summed E-state index contributed by atoms with van der Waals surface area (Å²) in [6.07, 6.45) is 2.26. The number of carbonyl (C=O) groups is 3. The minimum Gasteiger partial charge on any atom is -0.399 e. The van der Waals surface area contributed by atoms with Gasteiger partial charge in [0.15, 0.2) is 0 Å². The van der Waals surface area contributed by atoms with Crippen LogP contribution in [0.3, 0.4) is 0 Å². The topological polar surface area (TPSA) is 151 Å². The zero-order valence-corrected chi connectivity index (χ0v) is 28.2. The van der Waals surface area contributed by atoms with E-state index in [0.717, 1.165) is 5.56 Å². The second-order valence-electron chi connectivity index (χ2n) is 12.8. The quantitative estimate of drug-likeness (QED) is 0.196. The molecule has 2 unspecified atom stereocenters. The molecule has 3 amide bonds. The van der Waals surface area contributed by atoms with Crippen molar-refractivity contribution in [3.05, 3.63) is 71.8 Å². The summed E-state index contributed by atoms with van der Waals surface area (Å²) in [6, 6.07) is 13.4. The number of sulfonamides is 1. The molecule has 2 rings (SSSR count). The Hall–Kier alpha value is -3.70. The van der Waals surface area contributed by atoms with E-state index in [9.17, 15) is 22.8 Å². The van der Waals surface area contributed by atoms with E-state index in [1.807, 2.05) is 71.9 Å². The lowest BCUT2D eigenvalue weighted by Crippen LogP contribution is -2.59. The van der Waals surface area contributed by atoms with Gasteiger partial charge in [-0.15, -0.1) is 0 Å². The van der Waals surface area contributed by atoms with Crippen molar-refractivity contribution in [2.75, 3.05) is 19.8 Å². The molecule has 0 aliphatic heterocycles. The van der Waals surface area contributed by atoms with Crippen LogP contribution in [-0.2, 0) is 30.8 Å². The molecular weight excluding hydrogens is 578 g/mol. The predicted octanol–water partition coefficient (Wildman–Crippen LogP) is 3.50. The minimum atomic E-state index is -4.13. The molecule has 5 N–H and O–H groups in total. The molecule has 0 heterocycles. The number of nitrogen functional groups attached to an aromatic ring is 1. The van der Waals surface area contributed by atoms with E-state index >= 15 is 0 Å². The van der Waals surface area contributed by atoms with E-state index in [0.29, 0.717) is 12.1 Å². The first-order valence-corrected chi connectivity index (χ1v) is 16.3. The molecule has 0 aromatic heterocycles. The van der Waals surface area contributed by atoms with Crippen molar-refractivity contribution in [3.63, 3.8) is 0 Å². The maximum atomic E-state index is 14.0. The van der Waals surface area contributed by atoms with Crippen LogP contribution in [0.25, 0.3) is 0 Å². The maximum absolute atomic E-state index is 14.0. The number of carbonyl (C=O) groups excluding carboxylic acids is 3. The number of hydrogen-bond acceptors (Lipinski definition) is 7. The van der Waals surface area contributed by atoms with E-state index in [1.54, 1.807) is 20.2 Å². The molecule has 10 nitrogen and oxygen atoms in total. The first kappa shape index (κ1) is 36.5. The van der Waals surface area contributed by atoms with Crippen LogP contribution in [0.5, 0.6) is 0 Å². The molecule has 0 saturated heterocycles. The molecule has 0 radical (unpaired) electrons. The van der Waals surface area contributed by atoms with Gasteiger partial charge in [0.2, 0.25) is 11.8 Å². The number of hydrogen-bond donors (Lipinski definition) is 4. The van der Waals surface area contributed by atoms with Gasteiger partial charge in [-0.1, -0.05) is 78.0 Å². The van der Waals surface area contributed by atoms with Crippen molar-refractivity contribution < 1.29 is 22.8 Å². The molecule has 0 aliphatic carbocycles. The van der Waals surface area contributed by atoms with Crippen LogP contribution in [0.1, 0.15) is 54.0 Å². The van der Waals surface area contributed by atoms with E-state index in [-0.39, 0.29) is 34.1 Å². The third kappa shape index (κ3) is 9.92. The summed E-state index contributed by atoms with van der Waals surface area (Å²) in [5.74, 6) is -1.59. The summed E-state index contributed by atoms with van der Waals surface area (Å²) in [5.41, 5.74) is 6.65. The molecule has 4 atom stereocenters. The zero-order valence-electron chi connectivity index (χ0n) is 27.3. The number of nitrogens with two attached hydrogens (primary N) is 1. The molecule has 44 heavy (non-hydrogen) atoms. The summed E-state index contributed by atoms with van der Waals surface area (Å²) in [4.78, 5) is 41.9. The molecular formula is C33H49N5O5S. The van der Waals surface area contributed by atoms with Crippen molar-refractivity contribution in [2.45, 2.75) is 77.9 Å². The summed E-state index contributed by atoms with van der Waals surface area (Å²) >= 11 is 0. The molecule has 2 aromatic rings. The van der Waals surface area contributed by atoms with Crippen LogP contribution in [0, 0.1) is 17.3 Å². The van der Waals surface area contributed by atoms with Gasteiger partial charge in [-0.25, -0.2) is 13.1 Å². The summed E-state index contributed by atoms with van der Waals surface area (Å²) < 4.78 is 27.6. The Kier molecular flexibility index (Phi) is 12.7. The predicted molar refractivity (Wildman–Crippen MR) is 175 cm³/mol. The summed E-state index contributed by atoms with van der Waals surface area (Å²) in [7, 11) is -0.776. The Morgan fingerprint density at radius 2 is 1.55 bits per heavy atom. The molecule has 0 spiro atoms. The highest BCUT2D eigenvalue weighted by Gasteiger charge is 2.38. The average Bonchev–Trinajstić information content (AvgIpc) is 2.93. The van der Waals surface area contributed by atoms with E-state index in [2.05, 4.69) is 15.4 Å². The van der Waals surface area contributed by atoms with Crippen LogP contribution in [0.4, 0.5) is 5.69 Å². The van der Waals surface area contributed by atoms with Gasteiger partial charge >= 0.3 is 0 Å². The average molecular weight is 628 g/mol. The standard InChI is InChI=1S/C33H49N5O5S/c1-21(2)27(20-23(4)30(39)37-44(42,43)26-17-15-25(34)16-18-26)38(9)32(41)29(33(5,6)7)36-31(40)28(35-8)22(3)19-24-13-11-10-12-14-24/h10-18,20-22,27-29,35H,19,34H2,1-9H3,(H,36,40)(H,37,39)/b23-20+/t22?,27-,28?,29-/m1/s1. The normalized spacial score (nSPS) is 15.2. The first-order valence-electron chi connectivity index (χ1n) is 14.8. The zero-order chi connectivity index (χ0) is 33.4. The highest BCUT2D eigenvalue weighted by atomic mass is 32.2. The molecule has 0 saturated carbocycles. The van der Waals surface area contributed by atoms with Gasteiger partial charge < -0.3 is 21.3 Å². The second kappa shape index (κ2) is 15.3. The molecule has 0 aliphatic rings. The Labute approximate surface area is 262 Å². The third-order valence-electron chi connectivity index (χ3n) is 7.64. The number of nitrogens with zero attached hydrogens (tertiary/aromatic N) is 1. The molecule has 0 bridgehead atoms. The van der Waals surface area contributed by atoms with Gasteiger partial charge in [0, 0.05) is 18.3 Å². The second-order valence-corrected chi connectivity index (χ2v) is 14.5. The Bertz CT molecular complexity index is 1420. The van der Waals surface area contributed by atoms with Crippen molar-refractivity contribution in [1.82, 2.24) is 20.3 Å². The number of amides is 3. The van der Waals surface area contributed by atoms with Crippen LogP contribution >= 0.6 is 0 Å². The van der Waals surface area contributed by atoms with E-state index < -0.39 is 39.5 Å². The first-order chi connectivity index (χ1) is 20.4. The molecule has 2 aromatic carbocycles. The van der Waals surface area contributed by atoms with E-state index in [4.69, 9.17) is 5.73 Å².